The van der Waals surface area contributed by atoms with Crippen molar-refractivity contribution in [3.05, 3.63) is 16.6 Å². The number of nitrogens with one attached hydrogen (secondary N) is 1. The third-order valence-electron chi connectivity index (χ3n) is 2.76. The van der Waals surface area contributed by atoms with Crippen molar-refractivity contribution in [2.24, 2.45) is 5.92 Å². The molecular formula is C11H20N2OS. The highest BCUT2D eigenvalue weighted by Gasteiger charge is 2.14. The van der Waals surface area contributed by atoms with Crippen LogP contribution in [0, 0.1) is 5.92 Å². The fourth-order valence-corrected chi connectivity index (χ4v) is 1.98. The molecule has 0 aromatic carbocycles. The van der Waals surface area contributed by atoms with Crippen LogP contribution in [-0.2, 0) is 0 Å². The lowest BCUT2D eigenvalue weighted by Gasteiger charge is -2.19. The highest BCUT2D eigenvalue weighted by molar-refractivity contribution is 7.09. The van der Waals surface area contributed by atoms with E-state index < -0.39 is 0 Å². The summed E-state index contributed by atoms with van der Waals surface area (Å²) in [5.74, 6) is 0.348. The summed E-state index contributed by atoms with van der Waals surface area (Å²) in [5, 5.41) is 16.1. The lowest BCUT2D eigenvalue weighted by Crippen LogP contribution is -2.33. The zero-order valence-corrected chi connectivity index (χ0v) is 10.4. The van der Waals surface area contributed by atoms with Gasteiger partial charge in [0.15, 0.2) is 0 Å². The fourth-order valence-electron chi connectivity index (χ4n) is 1.31. The molecule has 3 unspecified atom stereocenters. The molecule has 4 heteroatoms. The van der Waals surface area contributed by atoms with E-state index in [1.807, 2.05) is 11.6 Å². The summed E-state index contributed by atoms with van der Waals surface area (Å²) in [6.07, 6.45) is 2.55. The van der Waals surface area contributed by atoms with Crippen molar-refractivity contribution in [3.63, 3.8) is 0 Å². The molecule has 1 rings (SSSR count). The number of hydrogen-bond acceptors (Lipinski definition) is 4. The molecule has 3 nitrogen and oxygen atoms in total. The first-order chi connectivity index (χ1) is 7.15. The molecule has 2 N–H and O–H groups in total. The Bertz CT molecular complexity index is 264. The first-order valence-corrected chi connectivity index (χ1v) is 6.34. The van der Waals surface area contributed by atoms with Crippen molar-refractivity contribution >= 4 is 11.3 Å². The van der Waals surface area contributed by atoms with Crippen molar-refractivity contribution in [3.8, 4) is 0 Å². The molecule has 0 spiro atoms. The largest absolute Gasteiger partial charge is 0.392 e. The van der Waals surface area contributed by atoms with Gasteiger partial charge in [-0.2, -0.15) is 0 Å². The summed E-state index contributed by atoms with van der Waals surface area (Å²) < 4.78 is 0. The van der Waals surface area contributed by atoms with E-state index in [4.69, 9.17) is 0 Å². The Hall–Kier alpha value is -0.450. The summed E-state index contributed by atoms with van der Waals surface area (Å²) in [4.78, 5) is 4.23. The van der Waals surface area contributed by atoms with Crippen LogP contribution in [0.3, 0.4) is 0 Å². The topological polar surface area (TPSA) is 45.1 Å². The highest BCUT2D eigenvalue weighted by Crippen LogP contribution is 2.15. The minimum Gasteiger partial charge on any atom is -0.392 e. The van der Waals surface area contributed by atoms with Crippen LogP contribution in [0.5, 0.6) is 0 Å². The quantitative estimate of drug-likeness (QED) is 0.784. The number of aromatic nitrogens is 1. The second-order valence-electron chi connectivity index (χ2n) is 3.95. The predicted molar refractivity (Wildman–Crippen MR) is 64.0 cm³/mol. The molecule has 1 heterocycles. The molecule has 0 saturated carbocycles. The van der Waals surface area contributed by atoms with E-state index >= 15 is 0 Å². The molecule has 0 amide bonds. The molecule has 0 radical (unpaired) electrons. The molecule has 0 aliphatic rings. The van der Waals surface area contributed by atoms with Gasteiger partial charge >= 0.3 is 0 Å². The van der Waals surface area contributed by atoms with Gasteiger partial charge in [0.2, 0.25) is 0 Å². The van der Waals surface area contributed by atoms with Gasteiger partial charge in [0.25, 0.3) is 0 Å². The van der Waals surface area contributed by atoms with Crippen LogP contribution in [0.25, 0.3) is 0 Å². The van der Waals surface area contributed by atoms with E-state index in [9.17, 15) is 5.11 Å². The van der Waals surface area contributed by atoms with Gasteiger partial charge in [0.1, 0.15) is 5.01 Å². The normalized spacial score (nSPS) is 17.3. The van der Waals surface area contributed by atoms with Gasteiger partial charge in [0.05, 0.1) is 12.1 Å². The SMILES string of the molecule is CCC(C)C(O)CNC(C)c1nccs1. The van der Waals surface area contributed by atoms with Crippen LogP contribution >= 0.6 is 11.3 Å². The molecule has 1 aromatic heterocycles. The maximum absolute atomic E-state index is 9.78. The van der Waals surface area contributed by atoms with Crippen LogP contribution in [0.2, 0.25) is 0 Å². The smallest absolute Gasteiger partial charge is 0.109 e. The average Bonchev–Trinajstić information content (AvgIpc) is 2.77. The molecule has 3 atom stereocenters. The lowest BCUT2D eigenvalue weighted by atomic mass is 10.0. The third-order valence-corrected chi connectivity index (χ3v) is 3.71. The zero-order valence-electron chi connectivity index (χ0n) is 9.60. The fraction of sp³-hybridized carbons (Fsp3) is 0.727. The van der Waals surface area contributed by atoms with E-state index in [1.165, 1.54) is 0 Å². The molecule has 86 valence electrons. The summed E-state index contributed by atoms with van der Waals surface area (Å²) in [6, 6.07) is 0.226. The first kappa shape index (κ1) is 12.6. The molecule has 0 fully saturated rings. The van der Waals surface area contributed by atoms with Crippen molar-refractivity contribution in [1.82, 2.24) is 10.3 Å². The van der Waals surface area contributed by atoms with E-state index in [-0.39, 0.29) is 12.1 Å². The Balaban J connectivity index is 2.31. The van der Waals surface area contributed by atoms with Crippen LogP contribution in [0.1, 0.15) is 38.2 Å². The number of rotatable bonds is 6. The van der Waals surface area contributed by atoms with E-state index in [1.54, 1.807) is 11.3 Å². The number of nitrogens with zero attached hydrogens (tertiary/aromatic N) is 1. The second kappa shape index (κ2) is 6.20. The van der Waals surface area contributed by atoms with Gasteiger partial charge in [-0.15, -0.1) is 11.3 Å². The summed E-state index contributed by atoms with van der Waals surface area (Å²) in [7, 11) is 0. The van der Waals surface area contributed by atoms with Gasteiger partial charge in [-0.25, -0.2) is 4.98 Å². The molecule has 0 bridgehead atoms. The Morgan fingerprint density at radius 1 is 1.53 bits per heavy atom. The van der Waals surface area contributed by atoms with Crippen LogP contribution in [-0.4, -0.2) is 22.7 Å². The van der Waals surface area contributed by atoms with Crippen molar-refractivity contribution < 1.29 is 5.11 Å². The molecule has 0 aliphatic heterocycles. The van der Waals surface area contributed by atoms with Gasteiger partial charge in [-0.3, -0.25) is 0 Å². The molecule has 1 aromatic rings. The minimum atomic E-state index is -0.266. The minimum absolute atomic E-state index is 0.226. The maximum Gasteiger partial charge on any atom is 0.109 e. The maximum atomic E-state index is 9.78. The van der Waals surface area contributed by atoms with Gasteiger partial charge < -0.3 is 10.4 Å². The Labute approximate surface area is 95.6 Å². The Morgan fingerprint density at radius 2 is 2.27 bits per heavy atom. The van der Waals surface area contributed by atoms with Crippen LogP contribution in [0.15, 0.2) is 11.6 Å². The van der Waals surface area contributed by atoms with E-state index in [0.29, 0.717) is 12.5 Å². The Kier molecular flexibility index (Phi) is 5.22. The lowest BCUT2D eigenvalue weighted by molar-refractivity contribution is 0.110. The monoisotopic (exact) mass is 228 g/mol. The highest BCUT2D eigenvalue weighted by atomic mass is 32.1. The zero-order chi connectivity index (χ0) is 11.3. The predicted octanol–water partition coefficient (Wildman–Crippen LogP) is 2.20. The van der Waals surface area contributed by atoms with Crippen LogP contribution in [0.4, 0.5) is 0 Å². The molecular weight excluding hydrogens is 208 g/mol. The molecule has 0 aliphatic carbocycles. The number of aliphatic hydroxyl groups excluding tert-OH is 1. The standard InChI is InChI=1S/C11H20N2OS/c1-4-8(2)10(14)7-13-9(3)11-12-5-6-15-11/h5-6,8-10,13-14H,4,7H2,1-3H3. The van der Waals surface area contributed by atoms with E-state index in [2.05, 4.69) is 31.1 Å². The summed E-state index contributed by atoms with van der Waals surface area (Å²) in [5.41, 5.74) is 0. The van der Waals surface area contributed by atoms with Crippen LogP contribution < -0.4 is 5.32 Å². The van der Waals surface area contributed by atoms with Gasteiger partial charge in [-0.1, -0.05) is 20.3 Å². The number of hydrogen-bond donors (Lipinski definition) is 2. The van der Waals surface area contributed by atoms with Crippen molar-refractivity contribution in [2.45, 2.75) is 39.3 Å². The summed E-state index contributed by atoms with van der Waals surface area (Å²) >= 11 is 1.64. The molecule has 15 heavy (non-hydrogen) atoms. The molecule has 0 saturated heterocycles. The Morgan fingerprint density at radius 3 is 2.80 bits per heavy atom. The third kappa shape index (κ3) is 3.89. The van der Waals surface area contributed by atoms with Gasteiger partial charge in [0, 0.05) is 18.1 Å². The van der Waals surface area contributed by atoms with Gasteiger partial charge in [-0.05, 0) is 12.8 Å². The average molecular weight is 228 g/mol. The van der Waals surface area contributed by atoms with Crippen molar-refractivity contribution in [2.75, 3.05) is 6.54 Å². The first-order valence-electron chi connectivity index (χ1n) is 5.46. The summed E-state index contributed by atoms with van der Waals surface area (Å²) in [6.45, 7) is 6.87. The van der Waals surface area contributed by atoms with Crippen molar-refractivity contribution in [1.29, 1.82) is 0 Å². The number of aliphatic hydroxyl groups is 1. The van der Waals surface area contributed by atoms with E-state index in [0.717, 1.165) is 11.4 Å². The number of thiazole rings is 1. The second-order valence-corrected chi connectivity index (χ2v) is 4.88.